The first-order valence-corrected chi connectivity index (χ1v) is 7.16. The first-order valence-electron chi connectivity index (χ1n) is 6.78. The Morgan fingerprint density at radius 1 is 1.43 bits per heavy atom. The highest BCUT2D eigenvalue weighted by atomic mass is 35.5. The maximum Gasteiger partial charge on any atom is 0.224 e. The first-order chi connectivity index (χ1) is 10.0. The maximum atomic E-state index is 12.0. The molecule has 0 radical (unpaired) electrons. The van der Waals surface area contributed by atoms with Crippen molar-refractivity contribution in [2.24, 2.45) is 5.92 Å². The Bertz CT molecular complexity index is 595. The van der Waals surface area contributed by atoms with Crippen molar-refractivity contribution in [2.45, 2.75) is 19.9 Å². The van der Waals surface area contributed by atoms with Gasteiger partial charge in [0.05, 0.1) is 23.7 Å². The molecule has 112 valence electrons. The van der Waals surface area contributed by atoms with Gasteiger partial charge in [-0.15, -0.1) is 0 Å². The third kappa shape index (κ3) is 4.79. The third-order valence-electron chi connectivity index (χ3n) is 3.16. The van der Waals surface area contributed by atoms with Gasteiger partial charge in [0.25, 0.3) is 0 Å². The van der Waals surface area contributed by atoms with Crippen LogP contribution in [-0.2, 0) is 17.8 Å². The number of hydrogen-bond acceptors (Lipinski definition) is 3. The summed E-state index contributed by atoms with van der Waals surface area (Å²) >= 11 is 5.78. The van der Waals surface area contributed by atoms with Crippen LogP contribution in [0.1, 0.15) is 12.5 Å². The molecule has 0 saturated heterocycles. The number of aromatic nitrogens is 2. The number of rotatable bonds is 6. The van der Waals surface area contributed by atoms with Gasteiger partial charge in [0.2, 0.25) is 5.91 Å². The van der Waals surface area contributed by atoms with Crippen molar-refractivity contribution in [3.05, 3.63) is 47.2 Å². The van der Waals surface area contributed by atoms with Gasteiger partial charge in [-0.2, -0.15) is 5.10 Å². The highest BCUT2D eigenvalue weighted by Crippen LogP contribution is 2.10. The average molecular weight is 308 g/mol. The molecule has 2 rings (SSSR count). The van der Waals surface area contributed by atoms with E-state index in [0.717, 1.165) is 12.0 Å². The van der Waals surface area contributed by atoms with Crippen LogP contribution in [0.5, 0.6) is 5.75 Å². The minimum absolute atomic E-state index is 0.0135. The van der Waals surface area contributed by atoms with Crippen molar-refractivity contribution in [1.82, 2.24) is 15.1 Å². The molecule has 0 unspecified atom stereocenters. The van der Waals surface area contributed by atoms with Crippen LogP contribution in [0, 0.1) is 5.92 Å². The number of hydrogen-bond donors (Lipinski definition) is 2. The molecule has 1 atom stereocenters. The predicted octanol–water partition coefficient (Wildman–Crippen LogP) is 2.24. The standard InChI is InChI=1S/C15H18ClN3O2/c1-11(9-19-10-13(16)8-18-19)15(21)17-7-6-12-2-4-14(20)5-3-12/h2-5,8,10-11,20H,6-7,9H2,1H3,(H,17,21)/t11-/m1/s1. The molecule has 1 aromatic carbocycles. The van der Waals surface area contributed by atoms with Crippen molar-refractivity contribution < 1.29 is 9.90 Å². The Balaban J connectivity index is 1.74. The van der Waals surface area contributed by atoms with Crippen LogP contribution in [0.4, 0.5) is 0 Å². The van der Waals surface area contributed by atoms with E-state index in [1.165, 1.54) is 0 Å². The van der Waals surface area contributed by atoms with E-state index in [1.54, 1.807) is 29.2 Å². The van der Waals surface area contributed by atoms with Crippen LogP contribution in [0.15, 0.2) is 36.7 Å². The summed E-state index contributed by atoms with van der Waals surface area (Å²) in [6.07, 6.45) is 3.98. The number of benzene rings is 1. The SMILES string of the molecule is C[C@H](Cn1cc(Cl)cn1)C(=O)NCCc1ccc(O)cc1. The topological polar surface area (TPSA) is 67.2 Å². The molecule has 0 saturated carbocycles. The van der Waals surface area contributed by atoms with E-state index in [4.69, 9.17) is 11.6 Å². The van der Waals surface area contributed by atoms with Crippen LogP contribution >= 0.6 is 11.6 Å². The van der Waals surface area contributed by atoms with E-state index < -0.39 is 0 Å². The summed E-state index contributed by atoms with van der Waals surface area (Å²) in [5.41, 5.74) is 1.07. The molecule has 0 bridgehead atoms. The summed E-state index contributed by atoms with van der Waals surface area (Å²) in [5.74, 6) is 0.0514. The van der Waals surface area contributed by atoms with E-state index >= 15 is 0 Å². The molecule has 1 heterocycles. The molecule has 1 amide bonds. The summed E-state index contributed by atoms with van der Waals surface area (Å²) in [6, 6.07) is 6.97. The van der Waals surface area contributed by atoms with Gasteiger partial charge >= 0.3 is 0 Å². The molecule has 0 aliphatic heterocycles. The molecule has 0 spiro atoms. The van der Waals surface area contributed by atoms with Gasteiger partial charge in [0, 0.05) is 12.7 Å². The molecular formula is C15H18ClN3O2. The molecule has 0 fully saturated rings. The summed E-state index contributed by atoms with van der Waals surface area (Å²) in [6.45, 7) is 2.91. The lowest BCUT2D eigenvalue weighted by molar-refractivity contribution is -0.124. The van der Waals surface area contributed by atoms with Crippen LogP contribution < -0.4 is 5.32 Å². The van der Waals surface area contributed by atoms with Crippen LogP contribution in [0.25, 0.3) is 0 Å². The van der Waals surface area contributed by atoms with Gasteiger partial charge in [-0.05, 0) is 24.1 Å². The van der Waals surface area contributed by atoms with Crippen LogP contribution in [0.2, 0.25) is 5.02 Å². The fraction of sp³-hybridized carbons (Fsp3) is 0.333. The molecule has 1 aromatic heterocycles. The van der Waals surface area contributed by atoms with Crippen molar-refractivity contribution in [3.8, 4) is 5.75 Å². The number of amides is 1. The Morgan fingerprint density at radius 2 is 2.14 bits per heavy atom. The predicted molar refractivity (Wildman–Crippen MR) is 81.2 cm³/mol. The Hall–Kier alpha value is -2.01. The number of halogens is 1. The van der Waals surface area contributed by atoms with E-state index in [2.05, 4.69) is 10.4 Å². The van der Waals surface area contributed by atoms with Gasteiger partial charge < -0.3 is 10.4 Å². The lowest BCUT2D eigenvalue weighted by atomic mass is 10.1. The van der Waals surface area contributed by atoms with Gasteiger partial charge in [0.15, 0.2) is 0 Å². The molecule has 2 aromatic rings. The summed E-state index contributed by atoms with van der Waals surface area (Å²) in [4.78, 5) is 12.0. The molecule has 2 N–H and O–H groups in total. The van der Waals surface area contributed by atoms with Gasteiger partial charge in [-0.25, -0.2) is 0 Å². The average Bonchev–Trinajstić information content (AvgIpc) is 2.86. The number of carbonyl (C=O) groups excluding carboxylic acids is 1. The normalized spacial score (nSPS) is 12.1. The van der Waals surface area contributed by atoms with Crippen molar-refractivity contribution >= 4 is 17.5 Å². The smallest absolute Gasteiger partial charge is 0.224 e. The second kappa shape index (κ2) is 7.13. The van der Waals surface area contributed by atoms with Crippen molar-refractivity contribution in [2.75, 3.05) is 6.54 Å². The maximum absolute atomic E-state index is 12.0. The highest BCUT2D eigenvalue weighted by Gasteiger charge is 2.13. The Kier molecular flexibility index (Phi) is 5.22. The van der Waals surface area contributed by atoms with Crippen molar-refractivity contribution in [1.29, 1.82) is 0 Å². The number of phenols is 1. The molecule has 21 heavy (non-hydrogen) atoms. The summed E-state index contributed by atoms with van der Waals surface area (Å²) < 4.78 is 1.66. The number of nitrogens with zero attached hydrogens (tertiary/aromatic N) is 2. The lowest BCUT2D eigenvalue weighted by Crippen LogP contribution is -2.33. The van der Waals surface area contributed by atoms with E-state index in [0.29, 0.717) is 18.1 Å². The fourth-order valence-corrected chi connectivity index (χ4v) is 2.12. The number of aromatic hydroxyl groups is 1. The third-order valence-corrected chi connectivity index (χ3v) is 3.35. The van der Waals surface area contributed by atoms with E-state index in [9.17, 15) is 9.90 Å². The highest BCUT2D eigenvalue weighted by molar-refractivity contribution is 6.30. The largest absolute Gasteiger partial charge is 0.508 e. The molecule has 0 aliphatic rings. The zero-order valence-electron chi connectivity index (χ0n) is 11.8. The molecule has 6 heteroatoms. The Labute approximate surface area is 128 Å². The van der Waals surface area contributed by atoms with Crippen molar-refractivity contribution in [3.63, 3.8) is 0 Å². The van der Waals surface area contributed by atoms with Crippen LogP contribution in [-0.4, -0.2) is 27.3 Å². The lowest BCUT2D eigenvalue weighted by Gasteiger charge is -2.12. The monoisotopic (exact) mass is 307 g/mol. The van der Waals surface area contributed by atoms with Gasteiger partial charge in [-0.1, -0.05) is 30.7 Å². The van der Waals surface area contributed by atoms with E-state index in [1.807, 2.05) is 19.1 Å². The van der Waals surface area contributed by atoms with E-state index in [-0.39, 0.29) is 17.6 Å². The zero-order chi connectivity index (χ0) is 15.2. The van der Waals surface area contributed by atoms with Gasteiger partial charge in [-0.3, -0.25) is 9.48 Å². The quantitative estimate of drug-likeness (QED) is 0.860. The minimum Gasteiger partial charge on any atom is -0.508 e. The second-order valence-corrected chi connectivity index (χ2v) is 5.43. The minimum atomic E-state index is -0.180. The van der Waals surface area contributed by atoms with Gasteiger partial charge in [0.1, 0.15) is 5.75 Å². The number of phenolic OH excluding ortho intramolecular Hbond substituents is 1. The van der Waals surface area contributed by atoms with Crippen LogP contribution in [0.3, 0.4) is 0 Å². The number of nitrogens with one attached hydrogen (secondary N) is 1. The molecular weight excluding hydrogens is 290 g/mol. The molecule has 5 nitrogen and oxygen atoms in total. The first kappa shape index (κ1) is 15.4. The summed E-state index contributed by atoms with van der Waals surface area (Å²) in [5, 5.41) is 16.7. The second-order valence-electron chi connectivity index (χ2n) is 4.99. The Morgan fingerprint density at radius 3 is 2.76 bits per heavy atom. The molecule has 0 aliphatic carbocycles. The summed E-state index contributed by atoms with van der Waals surface area (Å²) in [7, 11) is 0. The zero-order valence-corrected chi connectivity index (χ0v) is 12.5. The fourth-order valence-electron chi connectivity index (χ4n) is 1.97. The number of carbonyl (C=O) groups is 1.